The van der Waals surface area contributed by atoms with Crippen molar-refractivity contribution >= 4 is 5.91 Å². The standard InChI is InChI=1S/C21H29N3O2/c25-20(10-9-17-5-2-1-3-6-17)19-11-13-24(14-12-19)21(26)8-4-7-18-15-22-23-16-18/h1-3,5-6,15-16,19-20,25H,4,7-14H2,(H,22,23)/t20-/m1/s1. The Balaban J connectivity index is 1.34. The number of aromatic amines is 1. The van der Waals surface area contributed by atoms with Crippen LogP contribution in [0.3, 0.4) is 0 Å². The van der Waals surface area contributed by atoms with Crippen LogP contribution in [-0.2, 0) is 17.6 Å². The van der Waals surface area contributed by atoms with E-state index in [1.165, 1.54) is 5.56 Å². The molecule has 3 rings (SSSR count). The maximum absolute atomic E-state index is 12.4. The third-order valence-corrected chi connectivity index (χ3v) is 5.42. The largest absolute Gasteiger partial charge is 0.393 e. The molecule has 5 heteroatoms. The molecule has 1 aromatic heterocycles. The number of nitrogens with zero attached hydrogens (tertiary/aromatic N) is 2. The summed E-state index contributed by atoms with van der Waals surface area (Å²) < 4.78 is 0. The number of piperidine rings is 1. The van der Waals surface area contributed by atoms with Crippen LogP contribution >= 0.6 is 0 Å². The lowest BCUT2D eigenvalue weighted by Crippen LogP contribution is -2.41. The molecule has 5 nitrogen and oxygen atoms in total. The minimum absolute atomic E-state index is 0.241. The molecule has 1 aliphatic rings. The summed E-state index contributed by atoms with van der Waals surface area (Å²) >= 11 is 0. The average molecular weight is 355 g/mol. The van der Waals surface area contributed by atoms with Crippen LogP contribution in [0.25, 0.3) is 0 Å². The molecule has 0 saturated carbocycles. The number of rotatable bonds is 8. The summed E-state index contributed by atoms with van der Waals surface area (Å²) in [4.78, 5) is 14.3. The Morgan fingerprint density at radius 1 is 1.19 bits per heavy atom. The van der Waals surface area contributed by atoms with E-state index in [0.717, 1.165) is 57.2 Å². The minimum atomic E-state index is -0.270. The van der Waals surface area contributed by atoms with E-state index in [4.69, 9.17) is 0 Å². The van der Waals surface area contributed by atoms with Gasteiger partial charge in [0, 0.05) is 25.7 Å². The summed E-state index contributed by atoms with van der Waals surface area (Å²) in [5.41, 5.74) is 2.43. The van der Waals surface area contributed by atoms with Crippen LogP contribution in [0.15, 0.2) is 42.7 Å². The van der Waals surface area contributed by atoms with Crippen molar-refractivity contribution in [3.63, 3.8) is 0 Å². The summed E-state index contributed by atoms with van der Waals surface area (Å²) in [6.45, 7) is 1.55. The molecule has 1 aromatic carbocycles. The molecule has 2 N–H and O–H groups in total. The number of carbonyl (C=O) groups excluding carboxylic acids is 1. The molecule has 1 amide bonds. The van der Waals surface area contributed by atoms with E-state index in [-0.39, 0.29) is 12.0 Å². The Morgan fingerprint density at radius 2 is 1.96 bits per heavy atom. The summed E-state index contributed by atoms with van der Waals surface area (Å²) in [5, 5.41) is 17.2. The molecule has 0 bridgehead atoms. The normalized spacial score (nSPS) is 16.6. The van der Waals surface area contributed by atoms with E-state index in [2.05, 4.69) is 22.3 Å². The molecule has 1 aliphatic heterocycles. The fourth-order valence-electron chi connectivity index (χ4n) is 3.74. The lowest BCUT2D eigenvalue weighted by Gasteiger charge is -2.34. The van der Waals surface area contributed by atoms with Crippen LogP contribution in [0.4, 0.5) is 0 Å². The van der Waals surface area contributed by atoms with Crippen LogP contribution < -0.4 is 0 Å². The van der Waals surface area contributed by atoms with Crippen molar-refractivity contribution in [2.24, 2.45) is 5.92 Å². The molecule has 2 heterocycles. The number of hydrogen-bond acceptors (Lipinski definition) is 3. The third-order valence-electron chi connectivity index (χ3n) is 5.42. The highest BCUT2D eigenvalue weighted by molar-refractivity contribution is 5.76. The van der Waals surface area contributed by atoms with E-state index < -0.39 is 0 Å². The first-order chi connectivity index (χ1) is 12.7. The Kier molecular flexibility index (Phi) is 6.83. The van der Waals surface area contributed by atoms with Crippen LogP contribution in [-0.4, -0.2) is 45.3 Å². The Bertz CT molecular complexity index is 649. The van der Waals surface area contributed by atoms with Gasteiger partial charge in [0.1, 0.15) is 0 Å². The Hall–Kier alpha value is -2.14. The number of aliphatic hydroxyl groups is 1. The van der Waals surface area contributed by atoms with Crippen molar-refractivity contribution in [1.82, 2.24) is 15.1 Å². The van der Waals surface area contributed by atoms with Crippen molar-refractivity contribution in [2.75, 3.05) is 13.1 Å². The lowest BCUT2D eigenvalue weighted by molar-refractivity contribution is -0.133. The van der Waals surface area contributed by atoms with Gasteiger partial charge >= 0.3 is 0 Å². The second kappa shape index (κ2) is 9.53. The monoisotopic (exact) mass is 355 g/mol. The molecule has 1 atom stereocenters. The van der Waals surface area contributed by atoms with Gasteiger partial charge < -0.3 is 10.0 Å². The van der Waals surface area contributed by atoms with E-state index in [1.807, 2.05) is 35.5 Å². The number of H-pyrrole nitrogens is 1. The average Bonchev–Trinajstić information content (AvgIpc) is 3.20. The highest BCUT2D eigenvalue weighted by atomic mass is 16.3. The number of aliphatic hydroxyl groups excluding tert-OH is 1. The van der Waals surface area contributed by atoms with Crippen LogP contribution in [0, 0.1) is 5.92 Å². The van der Waals surface area contributed by atoms with Gasteiger partial charge in [0.05, 0.1) is 12.3 Å². The molecule has 140 valence electrons. The Morgan fingerprint density at radius 3 is 2.65 bits per heavy atom. The number of amides is 1. The first-order valence-corrected chi connectivity index (χ1v) is 9.70. The van der Waals surface area contributed by atoms with Crippen molar-refractivity contribution in [3.8, 4) is 0 Å². The summed E-state index contributed by atoms with van der Waals surface area (Å²) in [7, 11) is 0. The smallest absolute Gasteiger partial charge is 0.222 e. The van der Waals surface area contributed by atoms with Gasteiger partial charge in [-0.15, -0.1) is 0 Å². The zero-order valence-electron chi connectivity index (χ0n) is 15.3. The highest BCUT2D eigenvalue weighted by Gasteiger charge is 2.27. The van der Waals surface area contributed by atoms with Gasteiger partial charge in [-0.1, -0.05) is 30.3 Å². The van der Waals surface area contributed by atoms with E-state index >= 15 is 0 Å². The first-order valence-electron chi connectivity index (χ1n) is 9.70. The molecule has 26 heavy (non-hydrogen) atoms. The lowest BCUT2D eigenvalue weighted by atomic mass is 9.88. The van der Waals surface area contributed by atoms with E-state index in [0.29, 0.717) is 12.3 Å². The Labute approximate surface area is 155 Å². The second-order valence-electron chi connectivity index (χ2n) is 7.27. The van der Waals surface area contributed by atoms with Gasteiger partial charge in [0.15, 0.2) is 0 Å². The van der Waals surface area contributed by atoms with Gasteiger partial charge in [-0.3, -0.25) is 9.89 Å². The number of benzene rings is 1. The number of likely N-dealkylation sites (tertiary alicyclic amines) is 1. The van der Waals surface area contributed by atoms with Gasteiger partial charge in [0.25, 0.3) is 0 Å². The predicted molar refractivity (Wildman–Crippen MR) is 102 cm³/mol. The number of hydrogen-bond donors (Lipinski definition) is 2. The molecule has 0 unspecified atom stereocenters. The zero-order chi connectivity index (χ0) is 18.2. The molecule has 0 spiro atoms. The summed E-state index contributed by atoms with van der Waals surface area (Å²) in [5.74, 6) is 0.555. The number of carbonyl (C=O) groups is 1. The van der Waals surface area contributed by atoms with Crippen molar-refractivity contribution in [2.45, 2.75) is 51.0 Å². The highest BCUT2D eigenvalue weighted by Crippen LogP contribution is 2.24. The summed E-state index contributed by atoms with van der Waals surface area (Å²) in [6, 6.07) is 10.3. The first kappa shape index (κ1) is 18.6. The number of nitrogens with one attached hydrogen (secondary N) is 1. The molecular weight excluding hydrogens is 326 g/mol. The maximum atomic E-state index is 12.4. The van der Waals surface area contributed by atoms with Gasteiger partial charge in [-0.2, -0.15) is 5.10 Å². The molecule has 0 radical (unpaired) electrons. The molecule has 0 aliphatic carbocycles. The number of aryl methyl sites for hydroxylation is 2. The van der Waals surface area contributed by atoms with Crippen molar-refractivity contribution in [3.05, 3.63) is 53.9 Å². The van der Waals surface area contributed by atoms with Gasteiger partial charge in [0.2, 0.25) is 5.91 Å². The fourth-order valence-corrected chi connectivity index (χ4v) is 3.74. The van der Waals surface area contributed by atoms with E-state index in [9.17, 15) is 9.90 Å². The third kappa shape index (κ3) is 5.43. The van der Waals surface area contributed by atoms with Crippen LogP contribution in [0.5, 0.6) is 0 Å². The topological polar surface area (TPSA) is 69.2 Å². The van der Waals surface area contributed by atoms with E-state index in [1.54, 1.807) is 0 Å². The second-order valence-corrected chi connectivity index (χ2v) is 7.27. The molecule has 2 aromatic rings. The molecule has 1 saturated heterocycles. The minimum Gasteiger partial charge on any atom is -0.393 e. The number of aromatic nitrogens is 2. The van der Waals surface area contributed by atoms with Gasteiger partial charge in [-0.25, -0.2) is 0 Å². The van der Waals surface area contributed by atoms with Crippen LogP contribution in [0.2, 0.25) is 0 Å². The van der Waals surface area contributed by atoms with Crippen LogP contribution in [0.1, 0.15) is 43.2 Å². The molecular formula is C21H29N3O2. The van der Waals surface area contributed by atoms with Gasteiger partial charge in [-0.05, 0) is 55.6 Å². The fraction of sp³-hybridized carbons (Fsp3) is 0.524. The molecule has 1 fully saturated rings. The predicted octanol–water partition coefficient (Wildman–Crippen LogP) is 2.96. The SMILES string of the molecule is O=C(CCCc1cn[nH]c1)N1CCC([C@H](O)CCc2ccccc2)CC1. The summed E-state index contributed by atoms with van der Waals surface area (Å²) in [6.07, 6.45) is 9.28. The van der Waals surface area contributed by atoms with Crippen molar-refractivity contribution < 1.29 is 9.90 Å². The van der Waals surface area contributed by atoms with Crippen molar-refractivity contribution in [1.29, 1.82) is 0 Å². The zero-order valence-corrected chi connectivity index (χ0v) is 15.3. The maximum Gasteiger partial charge on any atom is 0.222 e. The quantitative estimate of drug-likeness (QED) is 0.765.